The van der Waals surface area contributed by atoms with Crippen LogP contribution in [0.4, 0.5) is 0 Å². The summed E-state index contributed by atoms with van der Waals surface area (Å²) in [6, 6.07) is -30.8. The highest BCUT2D eigenvalue weighted by molar-refractivity contribution is 6.23. The van der Waals surface area contributed by atoms with Crippen LogP contribution < -0.4 is 0 Å². The van der Waals surface area contributed by atoms with Crippen molar-refractivity contribution in [2.24, 2.45) is 0 Å². The first-order valence-electron chi connectivity index (χ1n) is 28.5. The summed E-state index contributed by atoms with van der Waals surface area (Å²) < 4.78 is 271. The lowest BCUT2D eigenvalue weighted by Crippen LogP contribution is -1.93. The molecule has 214 valence electrons. The number of hydrogen-bond acceptors (Lipinski definition) is 0. The summed E-state index contributed by atoms with van der Waals surface area (Å²) >= 11 is 0. The standard InChI is InChI=1S/C46H30/c1-3-14-32(15-4-1)43-30-36(28-34-19-8-10-22-39(34)43)46-41-24-12-11-23-40(41)45(33-17-5-2-6-18-33)44-29-35(26-27-42(44)46)38-25-13-20-31-16-7-9-21-37(31)38/h1-30H/i1D,2D,3D,4D,5D,6D,7D,8D,9D,10D,11D,12D,13D,14D,15D,16D,17D,18D,19D,20D,21D,22D,23D,24D,25D,26D,27D,28D,29D,30D. The fourth-order valence-corrected chi connectivity index (χ4v) is 5.34. The smallest absolute Gasteiger partial charge is 0.0622 e. The first-order valence-corrected chi connectivity index (χ1v) is 13.5. The van der Waals surface area contributed by atoms with Crippen LogP contribution in [-0.2, 0) is 0 Å². The van der Waals surface area contributed by atoms with Crippen LogP contribution in [0.2, 0.25) is 0 Å². The van der Waals surface area contributed by atoms with Gasteiger partial charge in [-0.05, 0) is 106 Å². The van der Waals surface area contributed by atoms with E-state index in [0.717, 1.165) is 0 Å². The Bertz CT molecular complexity index is 4210. The van der Waals surface area contributed by atoms with Crippen molar-refractivity contribution in [1.29, 1.82) is 0 Å². The van der Waals surface area contributed by atoms with Gasteiger partial charge in [0.25, 0.3) is 0 Å². The third kappa shape index (κ3) is 4.30. The second-order valence-electron chi connectivity index (χ2n) is 9.75. The molecular formula is C46H30. The van der Waals surface area contributed by atoms with Crippen molar-refractivity contribution in [1.82, 2.24) is 0 Å². The van der Waals surface area contributed by atoms with Gasteiger partial charge >= 0.3 is 0 Å². The average molecular weight is 613 g/mol. The molecule has 0 saturated heterocycles. The van der Waals surface area contributed by atoms with Crippen LogP contribution in [0.1, 0.15) is 41.1 Å². The van der Waals surface area contributed by atoms with Crippen molar-refractivity contribution in [2.75, 3.05) is 0 Å². The van der Waals surface area contributed by atoms with Gasteiger partial charge in [-0.15, -0.1) is 0 Å². The molecule has 9 aromatic carbocycles. The van der Waals surface area contributed by atoms with Crippen molar-refractivity contribution in [3.63, 3.8) is 0 Å². The molecule has 0 unspecified atom stereocenters. The van der Waals surface area contributed by atoms with E-state index in [-0.39, 0.29) is 0 Å². The molecule has 0 N–H and O–H groups in total. The molecule has 9 rings (SSSR count). The average Bonchev–Trinajstić information content (AvgIpc) is 3.38. The van der Waals surface area contributed by atoms with Crippen molar-refractivity contribution in [2.45, 2.75) is 0 Å². The minimum atomic E-state index is -1.19. The Labute approximate surface area is 311 Å². The topological polar surface area (TPSA) is 0 Å². The maximum Gasteiger partial charge on any atom is 0.0636 e. The van der Waals surface area contributed by atoms with E-state index < -0.39 is 269 Å². The molecule has 0 heterocycles. The molecular weight excluding hydrogens is 553 g/mol. The van der Waals surface area contributed by atoms with Gasteiger partial charge in [-0.25, -0.2) is 0 Å². The molecule has 0 spiro atoms. The monoisotopic (exact) mass is 612 g/mol. The number of fused-ring (bicyclic) bond motifs is 4. The molecule has 0 amide bonds. The molecule has 0 heteroatoms. The predicted octanol–water partition coefficient (Wildman–Crippen LogP) is 13.0. The molecule has 0 radical (unpaired) electrons. The van der Waals surface area contributed by atoms with Gasteiger partial charge < -0.3 is 0 Å². The van der Waals surface area contributed by atoms with Crippen LogP contribution in [0, 0.1) is 0 Å². The van der Waals surface area contributed by atoms with Gasteiger partial charge in [0.05, 0.1) is 41.1 Å². The molecule has 9 aromatic rings. The zero-order valence-electron chi connectivity index (χ0n) is 53.0. The second-order valence-corrected chi connectivity index (χ2v) is 9.75. The Morgan fingerprint density at radius 2 is 0.783 bits per heavy atom. The van der Waals surface area contributed by atoms with E-state index in [1.54, 1.807) is 0 Å². The Balaban J connectivity index is 1.73. The molecule has 0 aliphatic rings. The lowest BCUT2D eigenvalue weighted by atomic mass is 9.83. The summed E-state index contributed by atoms with van der Waals surface area (Å²) in [5.74, 6) is 0. The SMILES string of the molecule is [2H]c1c([2H])c([2H])c(-c2c([2H])c(-c3c4c([2H])c([2H])c([2H])c([2H])c4c(-c4c([2H])c([2H])c([2H])c([2H])c4[2H])c4c([2H])c(-c5c([2H])c([2H])c([2H])c6c([2H])c([2H])c([2H])c([2H])c56)c([2H])c([2H])c34)c([2H])c3c([2H])c([2H])c([2H])c([2H])c23)c([2H])c1[2H]. The van der Waals surface area contributed by atoms with Crippen molar-refractivity contribution < 1.29 is 41.1 Å². The molecule has 0 atom stereocenters. The molecule has 0 aromatic heterocycles. The highest BCUT2D eigenvalue weighted by Crippen LogP contribution is 2.46. The van der Waals surface area contributed by atoms with E-state index in [9.17, 15) is 13.7 Å². The lowest BCUT2D eigenvalue weighted by Gasteiger charge is -2.20. The maximum atomic E-state index is 10.2. The molecule has 0 aliphatic carbocycles. The van der Waals surface area contributed by atoms with Gasteiger partial charge in [-0.1, -0.05) is 163 Å². The summed E-state index contributed by atoms with van der Waals surface area (Å²) in [4.78, 5) is 0. The lowest BCUT2D eigenvalue weighted by molar-refractivity contribution is 1.63. The second kappa shape index (κ2) is 10.9. The Hall–Kier alpha value is -5.98. The fourth-order valence-electron chi connectivity index (χ4n) is 5.34. The number of benzene rings is 9. The molecule has 46 heavy (non-hydrogen) atoms. The van der Waals surface area contributed by atoms with E-state index in [1.807, 2.05) is 0 Å². The summed E-state index contributed by atoms with van der Waals surface area (Å²) in [6.07, 6.45) is 0. The quantitative estimate of drug-likeness (QED) is 0.173. The first kappa shape index (κ1) is 10.0. The van der Waals surface area contributed by atoms with Gasteiger partial charge in [0.1, 0.15) is 0 Å². The number of hydrogen-bond donors (Lipinski definition) is 0. The van der Waals surface area contributed by atoms with Crippen LogP contribution in [-0.4, -0.2) is 0 Å². The van der Waals surface area contributed by atoms with Crippen LogP contribution in [0.25, 0.3) is 87.6 Å². The molecule has 0 aliphatic heterocycles. The van der Waals surface area contributed by atoms with Crippen LogP contribution in [0.3, 0.4) is 0 Å². The van der Waals surface area contributed by atoms with Gasteiger partial charge in [-0.2, -0.15) is 0 Å². The highest BCUT2D eigenvalue weighted by atomic mass is 14.2. The minimum absolute atomic E-state index is 0.676. The van der Waals surface area contributed by atoms with E-state index in [2.05, 4.69) is 0 Å². The van der Waals surface area contributed by atoms with E-state index in [1.165, 1.54) is 0 Å². The summed E-state index contributed by atoms with van der Waals surface area (Å²) in [5, 5.41) is -6.47. The van der Waals surface area contributed by atoms with Crippen molar-refractivity contribution in [3.05, 3.63) is 181 Å². The fraction of sp³-hybridized carbons (Fsp3) is 0. The molecule has 0 bridgehead atoms. The summed E-state index contributed by atoms with van der Waals surface area (Å²) in [6.45, 7) is 0. The zero-order valence-corrected chi connectivity index (χ0v) is 23.0. The van der Waals surface area contributed by atoms with Crippen LogP contribution >= 0.6 is 0 Å². The largest absolute Gasteiger partial charge is 0.0636 e. The van der Waals surface area contributed by atoms with Gasteiger partial charge in [0.2, 0.25) is 0 Å². The summed E-state index contributed by atoms with van der Waals surface area (Å²) in [7, 11) is 0. The molecule has 0 fully saturated rings. The normalized spacial score (nSPS) is 20.6. The summed E-state index contributed by atoms with van der Waals surface area (Å²) in [5.41, 5.74) is -7.12. The highest BCUT2D eigenvalue weighted by Gasteiger charge is 2.19. The van der Waals surface area contributed by atoms with Gasteiger partial charge in [0.15, 0.2) is 0 Å². The van der Waals surface area contributed by atoms with Gasteiger partial charge in [0, 0.05) is 0 Å². The van der Waals surface area contributed by atoms with E-state index in [4.69, 9.17) is 27.4 Å². The first-order chi connectivity index (χ1) is 35.3. The minimum Gasteiger partial charge on any atom is -0.0622 e. The molecule has 0 saturated carbocycles. The zero-order chi connectivity index (χ0) is 56.6. The number of rotatable bonds is 4. The third-order valence-corrected chi connectivity index (χ3v) is 7.25. The van der Waals surface area contributed by atoms with E-state index >= 15 is 0 Å². The van der Waals surface area contributed by atoms with Crippen LogP contribution in [0.15, 0.2) is 181 Å². The van der Waals surface area contributed by atoms with Crippen LogP contribution in [0.5, 0.6) is 0 Å². The van der Waals surface area contributed by atoms with Gasteiger partial charge in [-0.3, -0.25) is 0 Å². The Morgan fingerprint density at radius 3 is 1.50 bits per heavy atom. The van der Waals surface area contributed by atoms with Crippen molar-refractivity contribution in [3.8, 4) is 44.5 Å². The Morgan fingerprint density at radius 1 is 0.261 bits per heavy atom. The third-order valence-electron chi connectivity index (χ3n) is 7.25. The van der Waals surface area contributed by atoms with Crippen molar-refractivity contribution >= 4 is 43.1 Å². The molecule has 0 nitrogen and oxygen atoms in total. The van der Waals surface area contributed by atoms with E-state index in [0.29, 0.717) is 0 Å². The Kier molecular flexibility index (Phi) is 2.37. The maximum absolute atomic E-state index is 10.2. The predicted molar refractivity (Wildman–Crippen MR) is 198 cm³/mol.